The highest BCUT2D eigenvalue weighted by Crippen LogP contribution is 2.21. The van der Waals surface area contributed by atoms with Gasteiger partial charge in [-0.25, -0.2) is 4.68 Å². The van der Waals surface area contributed by atoms with E-state index in [-0.39, 0.29) is 29.0 Å². The molecule has 1 saturated carbocycles. The van der Waals surface area contributed by atoms with Crippen LogP contribution in [0.2, 0.25) is 0 Å². The maximum Gasteiger partial charge on any atom is 0.278 e. The largest absolute Gasteiger partial charge is 0.353 e. The van der Waals surface area contributed by atoms with Crippen molar-refractivity contribution in [2.75, 3.05) is 13.1 Å². The lowest BCUT2D eigenvalue weighted by molar-refractivity contribution is -0.127. The molecule has 0 spiro atoms. The molecule has 2 aromatic rings. The molecule has 1 aromatic heterocycles. The highest BCUT2D eigenvalue weighted by Gasteiger charge is 2.31. The Hall–Kier alpha value is -2.96. The van der Waals surface area contributed by atoms with Crippen LogP contribution in [-0.2, 0) is 4.79 Å². The smallest absolute Gasteiger partial charge is 0.278 e. The van der Waals surface area contributed by atoms with E-state index in [4.69, 9.17) is 0 Å². The van der Waals surface area contributed by atoms with Gasteiger partial charge in [0.25, 0.3) is 5.91 Å². The number of aryl methyl sites for hydroxylation is 1. The molecule has 7 nitrogen and oxygen atoms in total. The first-order valence-electron chi connectivity index (χ1n) is 11.3. The molecular weight excluding hydrogens is 392 g/mol. The lowest BCUT2D eigenvalue weighted by Gasteiger charge is -2.33. The number of hydrogen-bond donors (Lipinski definition) is 1. The molecule has 1 saturated heterocycles. The third-order valence-electron chi connectivity index (χ3n) is 6.34. The summed E-state index contributed by atoms with van der Waals surface area (Å²) in [5.74, 6) is -0.603. The molecule has 4 rings (SSSR count). The molecule has 1 N–H and O–H groups in total. The summed E-state index contributed by atoms with van der Waals surface area (Å²) >= 11 is 0. The number of benzene rings is 1. The fraction of sp³-hybridized carbons (Fsp3) is 0.500. The van der Waals surface area contributed by atoms with E-state index >= 15 is 0 Å². The third-order valence-corrected chi connectivity index (χ3v) is 6.34. The zero-order valence-corrected chi connectivity index (χ0v) is 18.0. The Kier molecular flexibility index (Phi) is 6.49. The van der Waals surface area contributed by atoms with Crippen LogP contribution in [0.3, 0.4) is 0 Å². The van der Waals surface area contributed by atoms with Crippen LogP contribution in [-0.4, -0.2) is 45.6 Å². The second-order valence-electron chi connectivity index (χ2n) is 8.68. The number of nitrogens with zero attached hydrogens (tertiary/aromatic N) is 3. The topological polar surface area (TPSA) is 84.3 Å². The third kappa shape index (κ3) is 4.86. The first kappa shape index (κ1) is 21.3. The summed E-state index contributed by atoms with van der Waals surface area (Å²) in [5.41, 5.74) is 0.972. The first-order chi connectivity index (χ1) is 15.0. The minimum absolute atomic E-state index is 0.0305. The normalized spacial score (nSPS) is 19.8. The van der Waals surface area contributed by atoms with Crippen molar-refractivity contribution in [1.82, 2.24) is 20.0 Å². The predicted molar refractivity (Wildman–Crippen MR) is 118 cm³/mol. The fourth-order valence-corrected chi connectivity index (χ4v) is 4.62. The van der Waals surface area contributed by atoms with Crippen molar-refractivity contribution >= 4 is 11.8 Å². The van der Waals surface area contributed by atoms with Crippen LogP contribution in [0.1, 0.15) is 61.1 Å². The Balaban J connectivity index is 1.50. The van der Waals surface area contributed by atoms with Crippen LogP contribution in [0.25, 0.3) is 5.69 Å². The number of likely N-dealkylation sites (tertiary alicyclic amines) is 1. The van der Waals surface area contributed by atoms with Crippen LogP contribution in [0, 0.1) is 12.8 Å². The van der Waals surface area contributed by atoms with Gasteiger partial charge in [-0.05, 0) is 44.7 Å². The molecular formula is C24H30N4O3. The SMILES string of the molecule is Cc1cc(=O)c(C(=O)N2CCCC(C(=O)NC3CCCCC3)C2)nn1-c1ccccc1. The van der Waals surface area contributed by atoms with E-state index in [0.29, 0.717) is 18.8 Å². The molecule has 1 aromatic carbocycles. The van der Waals surface area contributed by atoms with E-state index in [0.717, 1.165) is 44.2 Å². The zero-order chi connectivity index (χ0) is 21.8. The number of rotatable bonds is 4. The second-order valence-corrected chi connectivity index (χ2v) is 8.68. The van der Waals surface area contributed by atoms with Crippen molar-refractivity contribution in [3.05, 3.63) is 58.0 Å². The van der Waals surface area contributed by atoms with Gasteiger partial charge in [0, 0.05) is 30.9 Å². The quantitative estimate of drug-likeness (QED) is 0.821. The molecule has 2 amide bonds. The van der Waals surface area contributed by atoms with Gasteiger partial charge in [0.05, 0.1) is 11.6 Å². The number of para-hydroxylation sites is 1. The Labute approximate surface area is 182 Å². The van der Waals surface area contributed by atoms with E-state index in [1.165, 1.54) is 12.5 Å². The summed E-state index contributed by atoms with van der Waals surface area (Å²) in [7, 11) is 0. The summed E-state index contributed by atoms with van der Waals surface area (Å²) in [6.07, 6.45) is 7.13. The molecule has 1 aliphatic heterocycles. The number of piperidine rings is 1. The number of aromatic nitrogens is 2. The summed E-state index contributed by atoms with van der Waals surface area (Å²) in [4.78, 5) is 40.2. The molecule has 1 aliphatic carbocycles. The van der Waals surface area contributed by atoms with Gasteiger partial charge in [0.2, 0.25) is 11.3 Å². The van der Waals surface area contributed by atoms with Gasteiger partial charge in [-0.1, -0.05) is 37.5 Å². The number of carbonyl (C=O) groups excluding carboxylic acids is 2. The molecule has 2 fully saturated rings. The highest BCUT2D eigenvalue weighted by atomic mass is 16.2. The van der Waals surface area contributed by atoms with Crippen molar-refractivity contribution < 1.29 is 9.59 Å². The summed E-state index contributed by atoms with van der Waals surface area (Å²) in [5, 5.41) is 7.57. The van der Waals surface area contributed by atoms with Crippen molar-refractivity contribution in [2.24, 2.45) is 5.92 Å². The van der Waals surface area contributed by atoms with Crippen LogP contribution in [0.5, 0.6) is 0 Å². The Morgan fingerprint density at radius 3 is 2.52 bits per heavy atom. The maximum absolute atomic E-state index is 13.2. The van der Waals surface area contributed by atoms with E-state index in [1.807, 2.05) is 30.3 Å². The molecule has 1 atom stereocenters. The molecule has 0 radical (unpaired) electrons. The molecule has 31 heavy (non-hydrogen) atoms. The molecule has 164 valence electrons. The van der Waals surface area contributed by atoms with Crippen molar-refractivity contribution in [3.8, 4) is 5.69 Å². The van der Waals surface area contributed by atoms with Gasteiger partial charge in [0.15, 0.2) is 5.69 Å². The summed E-state index contributed by atoms with van der Waals surface area (Å²) in [6.45, 7) is 2.66. The number of carbonyl (C=O) groups is 2. The van der Waals surface area contributed by atoms with Crippen LogP contribution < -0.4 is 10.7 Å². The van der Waals surface area contributed by atoms with Crippen LogP contribution in [0.4, 0.5) is 0 Å². The summed E-state index contributed by atoms with van der Waals surface area (Å²) < 4.78 is 1.62. The van der Waals surface area contributed by atoms with E-state index in [2.05, 4.69) is 10.4 Å². The zero-order valence-electron chi connectivity index (χ0n) is 18.0. The Morgan fingerprint density at radius 1 is 1.03 bits per heavy atom. The Morgan fingerprint density at radius 2 is 1.77 bits per heavy atom. The second kappa shape index (κ2) is 9.45. The van der Waals surface area contributed by atoms with Crippen molar-refractivity contribution in [2.45, 2.75) is 57.9 Å². The van der Waals surface area contributed by atoms with Crippen LogP contribution >= 0.6 is 0 Å². The minimum atomic E-state index is -0.398. The van der Waals surface area contributed by atoms with Crippen molar-refractivity contribution in [1.29, 1.82) is 0 Å². The average molecular weight is 423 g/mol. The van der Waals surface area contributed by atoms with E-state index in [9.17, 15) is 14.4 Å². The standard InChI is InChI=1S/C24H30N4O3/c1-17-15-21(29)22(26-28(17)20-12-6-3-7-13-20)24(31)27-14-8-9-18(16-27)23(30)25-19-10-4-2-5-11-19/h3,6-7,12-13,15,18-19H,2,4-5,8-11,14,16H2,1H3,(H,25,30). The van der Waals surface area contributed by atoms with Gasteiger partial charge >= 0.3 is 0 Å². The monoisotopic (exact) mass is 422 g/mol. The molecule has 7 heteroatoms. The molecule has 1 unspecified atom stereocenters. The van der Waals surface area contributed by atoms with Gasteiger partial charge in [-0.2, -0.15) is 5.10 Å². The Bertz CT molecular complexity index is 996. The van der Waals surface area contributed by atoms with Gasteiger partial charge in [0.1, 0.15) is 0 Å². The van der Waals surface area contributed by atoms with Gasteiger partial charge < -0.3 is 10.2 Å². The van der Waals surface area contributed by atoms with Crippen molar-refractivity contribution in [3.63, 3.8) is 0 Å². The molecule has 0 bridgehead atoms. The number of hydrogen-bond acceptors (Lipinski definition) is 4. The molecule has 2 aliphatic rings. The first-order valence-corrected chi connectivity index (χ1v) is 11.3. The fourth-order valence-electron chi connectivity index (χ4n) is 4.62. The lowest BCUT2D eigenvalue weighted by atomic mass is 9.93. The lowest BCUT2D eigenvalue weighted by Crippen LogP contribution is -2.48. The molecule has 2 heterocycles. The predicted octanol–water partition coefficient (Wildman–Crippen LogP) is 2.84. The van der Waals surface area contributed by atoms with Crippen LogP contribution in [0.15, 0.2) is 41.2 Å². The average Bonchev–Trinajstić information content (AvgIpc) is 2.80. The van der Waals surface area contributed by atoms with Gasteiger partial charge in [-0.15, -0.1) is 0 Å². The number of amides is 2. The highest BCUT2D eigenvalue weighted by molar-refractivity contribution is 5.92. The minimum Gasteiger partial charge on any atom is -0.353 e. The van der Waals surface area contributed by atoms with Gasteiger partial charge in [-0.3, -0.25) is 14.4 Å². The van der Waals surface area contributed by atoms with E-state index < -0.39 is 5.91 Å². The number of nitrogens with one attached hydrogen (secondary N) is 1. The summed E-state index contributed by atoms with van der Waals surface area (Å²) in [6, 6.07) is 11.1. The van der Waals surface area contributed by atoms with E-state index in [1.54, 1.807) is 16.5 Å². The maximum atomic E-state index is 13.2.